The van der Waals surface area contributed by atoms with Crippen molar-refractivity contribution in [1.82, 2.24) is 4.90 Å². The highest BCUT2D eigenvalue weighted by Crippen LogP contribution is 2.59. The number of furan rings is 1. The Morgan fingerprint density at radius 1 is 1.29 bits per heavy atom. The van der Waals surface area contributed by atoms with Crippen LogP contribution in [0.3, 0.4) is 0 Å². The molecule has 1 aliphatic carbocycles. The molecule has 2 amide bonds. The molecular weight excluding hydrogens is 304 g/mol. The van der Waals surface area contributed by atoms with Crippen LogP contribution in [-0.4, -0.2) is 29.8 Å². The van der Waals surface area contributed by atoms with Gasteiger partial charge in [0, 0.05) is 30.1 Å². The summed E-state index contributed by atoms with van der Waals surface area (Å²) < 4.78 is 5.31. The maximum atomic E-state index is 12.6. The highest BCUT2D eigenvalue weighted by atomic mass is 16.3. The molecule has 2 aliphatic rings. The third-order valence-electron chi connectivity index (χ3n) is 5.47. The van der Waals surface area contributed by atoms with Crippen molar-refractivity contribution in [3.8, 4) is 0 Å². The number of fused-ring (bicyclic) bond motifs is 1. The molecule has 4 rings (SSSR count). The van der Waals surface area contributed by atoms with Gasteiger partial charge >= 0.3 is 0 Å². The Labute approximate surface area is 140 Å². The first kappa shape index (κ1) is 15.0. The molecule has 124 valence electrons. The highest BCUT2D eigenvalue weighted by Gasteiger charge is 2.58. The lowest BCUT2D eigenvalue weighted by Crippen LogP contribution is -2.39. The lowest BCUT2D eigenvalue weighted by atomic mass is 9.90. The third kappa shape index (κ3) is 2.50. The van der Waals surface area contributed by atoms with Gasteiger partial charge in [-0.15, -0.1) is 0 Å². The summed E-state index contributed by atoms with van der Waals surface area (Å²) in [6.07, 6.45) is 5.71. The number of hydrogen-bond donors (Lipinski definition) is 1. The van der Waals surface area contributed by atoms with E-state index in [1.165, 1.54) is 6.08 Å². The van der Waals surface area contributed by atoms with E-state index in [1.54, 1.807) is 6.26 Å². The van der Waals surface area contributed by atoms with Gasteiger partial charge in [-0.3, -0.25) is 9.59 Å². The minimum atomic E-state index is -0.0140. The van der Waals surface area contributed by atoms with Gasteiger partial charge in [0.25, 0.3) is 0 Å². The van der Waals surface area contributed by atoms with E-state index < -0.39 is 0 Å². The highest BCUT2D eigenvalue weighted by molar-refractivity contribution is 5.97. The number of nitrogens with zero attached hydrogens (tertiary/aromatic N) is 1. The first-order chi connectivity index (χ1) is 11.6. The van der Waals surface area contributed by atoms with Crippen LogP contribution in [0.4, 0.5) is 5.69 Å². The molecule has 0 radical (unpaired) electrons. The van der Waals surface area contributed by atoms with E-state index >= 15 is 0 Å². The van der Waals surface area contributed by atoms with E-state index in [-0.39, 0.29) is 23.1 Å². The van der Waals surface area contributed by atoms with E-state index in [4.69, 9.17) is 4.42 Å². The quantitative estimate of drug-likeness (QED) is 0.882. The van der Waals surface area contributed by atoms with Crippen molar-refractivity contribution >= 4 is 28.5 Å². The van der Waals surface area contributed by atoms with Crippen LogP contribution in [0.15, 0.2) is 47.6 Å². The van der Waals surface area contributed by atoms with Crippen molar-refractivity contribution in [2.24, 2.45) is 11.3 Å². The van der Waals surface area contributed by atoms with Gasteiger partial charge in [-0.25, -0.2) is 0 Å². The lowest BCUT2D eigenvalue weighted by Gasteiger charge is -2.32. The normalized spacial score (nSPS) is 21.7. The fourth-order valence-electron chi connectivity index (χ4n) is 3.85. The zero-order valence-corrected chi connectivity index (χ0v) is 13.5. The molecule has 1 N–H and O–H groups in total. The summed E-state index contributed by atoms with van der Waals surface area (Å²) in [7, 11) is 0. The Hall–Kier alpha value is -2.56. The van der Waals surface area contributed by atoms with Crippen LogP contribution in [-0.2, 0) is 9.59 Å². The largest absolute Gasteiger partial charge is 0.464 e. The molecule has 1 unspecified atom stereocenters. The molecule has 1 saturated heterocycles. The number of likely N-dealkylation sites (tertiary alicyclic amines) is 1. The Balaban J connectivity index is 1.38. The maximum absolute atomic E-state index is 12.6. The number of rotatable bonds is 3. The summed E-state index contributed by atoms with van der Waals surface area (Å²) in [5.74, 6) is 0.125. The molecule has 1 spiro atoms. The van der Waals surface area contributed by atoms with Gasteiger partial charge in [-0.2, -0.15) is 0 Å². The molecule has 2 aromatic rings. The number of hydrogen-bond acceptors (Lipinski definition) is 3. The lowest BCUT2D eigenvalue weighted by molar-refractivity contribution is -0.127. The second-order valence-electron chi connectivity index (χ2n) is 6.81. The fraction of sp³-hybridized carbons (Fsp3) is 0.368. The molecule has 1 atom stereocenters. The van der Waals surface area contributed by atoms with Crippen molar-refractivity contribution < 1.29 is 14.0 Å². The number of anilines is 1. The Bertz CT molecular complexity index is 815. The number of amides is 2. The number of piperidine rings is 1. The number of carbonyl (C=O) groups is 2. The van der Waals surface area contributed by atoms with Gasteiger partial charge in [-0.05, 0) is 55.0 Å². The Kier molecular flexibility index (Phi) is 3.44. The zero-order chi connectivity index (χ0) is 16.7. The molecule has 1 saturated carbocycles. The van der Waals surface area contributed by atoms with Crippen LogP contribution in [0.25, 0.3) is 11.0 Å². The van der Waals surface area contributed by atoms with Crippen molar-refractivity contribution in [2.75, 3.05) is 18.4 Å². The van der Waals surface area contributed by atoms with Gasteiger partial charge in [0.1, 0.15) is 5.58 Å². The van der Waals surface area contributed by atoms with E-state index in [1.807, 2.05) is 29.2 Å². The van der Waals surface area contributed by atoms with Crippen molar-refractivity contribution in [3.05, 3.63) is 43.2 Å². The number of nitrogens with one attached hydrogen (secondary N) is 1. The molecule has 2 heterocycles. The fourth-order valence-corrected chi connectivity index (χ4v) is 3.85. The minimum absolute atomic E-state index is 0.0140. The zero-order valence-electron chi connectivity index (χ0n) is 13.5. The van der Waals surface area contributed by atoms with Crippen LogP contribution < -0.4 is 5.32 Å². The van der Waals surface area contributed by atoms with Gasteiger partial charge in [0.2, 0.25) is 11.8 Å². The third-order valence-corrected chi connectivity index (χ3v) is 5.47. The average Bonchev–Trinajstić information content (AvgIpc) is 3.09. The smallest absolute Gasteiger partial charge is 0.245 e. The van der Waals surface area contributed by atoms with Crippen LogP contribution in [0.1, 0.15) is 19.3 Å². The van der Waals surface area contributed by atoms with Gasteiger partial charge in [0.15, 0.2) is 0 Å². The van der Waals surface area contributed by atoms with Gasteiger partial charge < -0.3 is 14.6 Å². The van der Waals surface area contributed by atoms with E-state index in [9.17, 15) is 9.59 Å². The predicted octanol–water partition coefficient (Wildman–Crippen LogP) is 3.19. The summed E-state index contributed by atoms with van der Waals surface area (Å²) in [6, 6.07) is 7.55. The number of carbonyl (C=O) groups excluding carboxylic acids is 2. The van der Waals surface area contributed by atoms with Crippen molar-refractivity contribution in [3.63, 3.8) is 0 Å². The molecule has 0 bridgehead atoms. The SMILES string of the molecule is C=CC(=O)N1CCC2(CC1)CC2C(=O)Nc1ccc2occc2c1. The first-order valence-electron chi connectivity index (χ1n) is 8.31. The standard InChI is InChI=1S/C19H20N2O3/c1-2-17(22)21-8-6-19(7-9-21)12-15(19)18(23)20-14-3-4-16-13(11-14)5-10-24-16/h2-5,10-11,15H,1,6-9,12H2,(H,20,23). The Morgan fingerprint density at radius 3 is 2.83 bits per heavy atom. The first-order valence-corrected chi connectivity index (χ1v) is 8.31. The molecule has 2 fully saturated rings. The maximum Gasteiger partial charge on any atom is 0.245 e. The van der Waals surface area contributed by atoms with E-state index in [0.29, 0.717) is 0 Å². The minimum Gasteiger partial charge on any atom is -0.464 e. The van der Waals surface area contributed by atoms with Crippen LogP contribution in [0.5, 0.6) is 0 Å². The molecule has 1 aromatic heterocycles. The summed E-state index contributed by atoms with van der Waals surface area (Å²) in [5, 5.41) is 4.01. The van der Waals surface area contributed by atoms with Gasteiger partial charge in [0.05, 0.1) is 6.26 Å². The van der Waals surface area contributed by atoms with Crippen LogP contribution >= 0.6 is 0 Å². The van der Waals surface area contributed by atoms with Crippen LogP contribution in [0, 0.1) is 11.3 Å². The summed E-state index contributed by atoms with van der Waals surface area (Å²) in [6.45, 7) is 4.97. The second-order valence-corrected chi connectivity index (χ2v) is 6.81. The van der Waals surface area contributed by atoms with Crippen LogP contribution in [0.2, 0.25) is 0 Å². The monoisotopic (exact) mass is 324 g/mol. The summed E-state index contributed by atoms with van der Waals surface area (Å²) >= 11 is 0. The predicted molar refractivity (Wildman–Crippen MR) is 91.4 cm³/mol. The number of benzene rings is 1. The van der Waals surface area contributed by atoms with Gasteiger partial charge in [-0.1, -0.05) is 6.58 Å². The molecule has 1 aliphatic heterocycles. The Morgan fingerprint density at radius 2 is 2.08 bits per heavy atom. The molecule has 5 nitrogen and oxygen atoms in total. The summed E-state index contributed by atoms with van der Waals surface area (Å²) in [4.78, 5) is 26.0. The van der Waals surface area contributed by atoms with E-state index in [0.717, 1.165) is 49.0 Å². The van der Waals surface area contributed by atoms with E-state index in [2.05, 4.69) is 11.9 Å². The average molecular weight is 324 g/mol. The second kappa shape index (κ2) is 5.51. The molecule has 1 aromatic carbocycles. The molecule has 5 heteroatoms. The van der Waals surface area contributed by atoms with Crippen molar-refractivity contribution in [2.45, 2.75) is 19.3 Å². The molecular formula is C19H20N2O3. The van der Waals surface area contributed by atoms with Crippen molar-refractivity contribution in [1.29, 1.82) is 0 Å². The topological polar surface area (TPSA) is 62.6 Å². The molecule has 24 heavy (non-hydrogen) atoms. The summed E-state index contributed by atoms with van der Waals surface area (Å²) in [5.41, 5.74) is 1.70.